The standard InChI is InChI=1S/C51H56N2O4/c1-9-11-31-52-39-27-23-33-17-13-15-19-37(33)45(39)49(3,4)41(52)29-25-35-21-22-36(43(35)44-47(54)56-51(7,8)57-48(44)55)26-30-42-50(5,6)46-38-20-16-14-18-34(38)24-28-40(46)53(42)32-12-10-2/h13-20,23-30H,9-12,21-22,31-32H2,1-8H3/p+1/b35-25+,41-29+. The van der Waals surface area contributed by atoms with Gasteiger partial charge in [-0.15, -0.1) is 0 Å². The number of rotatable bonds is 10. The summed E-state index contributed by atoms with van der Waals surface area (Å²) < 4.78 is 14.1. The summed E-state index contributed by atoms with van der Waals surface area (Å²) in [7, 11) is 0. The van der Waals surface area contributed by atoms with Crippen LogP contribution < -0.4 is 4.90 Å². The molecule has 3 heterocycles. The number of cyclic esters (lactones) is 1. The van der Waals surface area contributed by atoms with Crippen molar-refractivity contribution < 1.29 is 24.0 Å². The molecule has 57 heavy (non-hydrogen) atoms. The Kier molecular flexibility index (Phi) is 9.82. The van der Waals surface area contributed by atoms with Crippen LogP contribution in [0.2, 0.25) is 0 Å². The zero-order chi connectivity index (χ0) is 40.3. The van der Waals surface area contributed by atoms with Gasteiger partial charge in [0.15, 0.2) is 5.71 Å². The van der Waals surface area contributed by atoms with Crippen molar-refractivity contribution in [2.75, 3.05) is 18.0 Å². The topological polar surface area (TPSA) is 62.0 Å². The summed E-state index contributed by atoms with van der Waals surface area (Å²) in [6.07, 6.45) is 14.6. The van der Waals surface area contributed by atoms with Gasteiger partial charge in [0.05, 0.1) is 5.41 Å². The number of nitrogens with zero attached hydrogens (tertiary/aromatic N) is 2. The van der Waals surface area contributed by atoms with Gasteiger partial charge in [0.1, 0.15) is 12.1 Å². The van der Waals surface area contributed by atoms with Crippen molar-refractivity contribution >= 4 is 44.6 Å². The van der Waals surface area contributed by atoms with Gasteiger partial charge in [-0.1, -0.05) is 107 Å². The summed E-state index contributed by atoms with van der Waals surface area (Å²) in [5, 5.41) is 16.5. The molecule has 3 aliphatic heterocycles. The van der Waals surface area contributed by atoms with Gasteiger partial charge in [-0.25, -0.2) is 4.79 Å². The van der Waals surface area contributed by atoms with Crippen LogP contribution in [0.3, 0.4) is 0 Å². The molecule has 0 saturated carbocycles. The number of anilines is 1. The van der Waals surface area contributed by atoms with Gasteiger partial charge in [-0.3, -0.25) is 0 Å². The first-order chi connectivity index (χ1) is 27.3. The van der Waals surface area contributed by atoms with E-state index < -0.39 is 11.8 Å². The smallest absolute Gasteiger partial charge is 0.349 e. The maximum atomic E-state index is 13.9. The molecule has 0 aromatic heterocycles. The van der Waals surface area contributed by atoms with Crippen molar-refractivity contribution in [3.05, 3.63) is 142 Å². The van der Waals surface area contributed by atoms with E-state index in [0.717, 1.165) is 49.9 Å². The summed E-state index contributed by atoms with van der Waals surface area (Å²) in [6, 6.07) is 26.4. The average Bonchev–Trinajstić information content (AvgIpc) is 3.74. The van der Waals surface area contributed by atoms with Crippen LogP contribution in [0.5, 0.6) is 0 Å². The van der Waals surface area contributed by atoms with Gasteiger partial charge in [-0.2, -0.15) is 4.58 Å². The van der Waals surface area contributed by atoms with E-state index >= 15 is 0 Å². The molecule has 0 radical (unpaired) electrons. The van der Waals surface area contributed by atoms with Crippen LogP contribution in [0.1, 0.15) is 105 Å². The van der Waals surface area contributed by atoms with Crippen LogP contribution in [0.4, 0.5) is 11.4 Å². The van der Waals surface area contributed by atoms with E-state index in [2.05, 4.69) is 148 Å². The molecule has 4 aromatic rings. The summed E-state index contributed by atoms with van der Waals surface area (Å²) in [5.41, 5.74) is 9.85. The Morgan fingerprint density at radius 2 is 1.40 bits per heavy atom. The van der Waals surface area contributed by atoms with E-state index in [1.54, 1.807) is 13.8 Å². The minimum atomic E-state index is -1.27. The highest BCUT2D eigenvalue weighted by Crippen LogP contribution is 2.52. The predicted octanol–water partition coefficient (Wildman–Crippen LogP) is 12.3. The highest BCUT2D eigenvalue weighted by molar-refractivity contribution is 6.08. The SMILES string of the molecule is CCCCN1/C(=C/C=C2\CCC(/C=C/C3=[N+](CCCC)c4ccc5ccccc5c4C3(C)C)=C2C2=C(O)OC(C)(C)OC2=O)C(C)(C)c2c1ccc1ccccc21. The first kappa shape index (κ1) is 38.5. The summed E-state index contributed by atoms with van der Waals surface area (Å²) in [6.45, 7) is 18.9. The third-order valence-corrected chi connectivity index (χ3v) is 12.5. The Hall–Kier alpha value is -5.36. The molecule has 8 rings (SSSR count). The Morgan fingerprint density at radius 1 is 0.737 bits per heavy atom. The fourth-order valence-electron chi connectivity index (χ4n) is 9.80. The number of fused-ring (bicyclic) bond motifs is 6. The van der Waals surface area contributed by atoms with Gasteiger partial charge in [0, 0.05) is 66.9 Å². The second-order valence-electron chi connectivity index (χ2n) is 17.6. The second kappa shape index (κ2) is 14.5. The van der Waals surface area contributed by atoms with Gasteiger partial charge in [0.2, 0.25) is 5.69 Å². The predicted molar refractivity (Wildman–Crippen MR) is 233 cm³/mol. The molecule has 1 aliphatic carbocycles. The lowest BCUT2D eigenvalue weighted by atomic mass is 9.79. The van der Waals surface area contributed by atoms with E-state index in [0.29, 0.717) is 18.4 Å². The molecule has 0 bridgehead atoms. The molecule has 0 atom stereocenters. The molecule has 6 heteroatoms. The molecule has 294 valence electrons. The van der Waals surface area contributed by atoms with E-state index in [-0.39, 0.29) is 22.3 Å². The normalized spacial score (nSPS) is 21.1. The van der Waals surface area contributed by atoms with Crippen LogP contribution in [0, 0.1) is 0 Å². The fraction of sp³-hybridized carbons (Fsp3) is 0.373. The van der Waals surface area contributed by atoms with Gasteiger partial charge >= 0.3 is 5.97 Å². The number of unbranched alkanes of at least 4 members (excludes halogenated alkanes) is 2. The zero-order valence-electron chi connectivity index (χ0n) is 35.0. The first-order valence-corrected chi connectivity index (χ1v) is 20.9. The first-order valence-electron chi connectivity index (χ1n) is 20.9. The number of hydrogen-bond donors (Lipinski definition) is 1. The Morgan fingerprint density at radius 3 is 2.09 bits per heavy atom. The van der Waals surface area contributed by atoms with Crippen molar-refractivity contribution in [1.82, 2.24) is 0 Å². The van der Waals surface area contributed by atoms with E-state index in [4.69, 9.17) is 9.47 Å². The number of allylic oxidation sites excluding steroid dienone is 7. The van der Waals surface area contributed by atoms with Crippen molar-refractivity contribution in [3.8, 4) is 0 Å². The fourth-order valence-corrected chi connectivity index (χ4v) is 9.80. The molecular formula is C51H57N2O4+. The Bertz CT molecular complexity index is 2500. The van der Waals surface area contributed by atoms with Gasteiger partial charge < -0.3 is 19.5 Å². The number of benzene rings is 4. The Balaban J connectivity index is 1.27. The van der Waals surface area contributed by atoms with Crippen LogP contribution in [0.15, 0.2) is 131 Å². The van der Waals surface area contributed by atoms with E-state index in [1.165, 1.54) is 55.5 Å². The van der Waals surface area contributed by atoms with Crippen molar-refractivity contribution in [2.45, 2.75) is 111 Å². The second-order valence-corrected chi connectivity index (χ2v) is 17.6. The van der Waals surface area contributed by atoms with Gasteiger partial charge in [0.25, 0.3) is 11.7 Å². The molecule has 0 amide bonds. The van der Waals surface area contributed by atoms with Crippen LogP contribution in [-0.2, 0) is 25.1 Å². The number of aliphatic hydroxyl groups excluding tert-OH is 1. The average molecular weight is 762 g/mol. The van der Waals surface area contributed by atoms with Crippen LogP contribution in [-0.4, -0.2) is 40.2 Å². The Labute approximate surface area is 338 Å². The van der Waals surface area contributed by atoms with E-state index in [1.807, 2.05) is 0 Å². The lowest BCUT2D eigenvalue weighted by Gasteiger charge is -2.31. The van der Waals surface area contributed by atoms with Crippen molar-refractivity contribution in [2.24, 2.45) is 0 Å². The van der Waals surface area contributed by atoms with Crippen LogP contribution in [0.25, 0.3) is 21.5 Å². The summed E-state index contributed by atoms with van der Waals surface area (Å²) in [5.74, 6) is -2.24. The molecule has 0 unspecified atom stereocenters. The molecule has 0 spiro atoms. The van der Waals surface area contributed by atoms with Gasteiger partial charge in [-0.05, 0) is 89.6 Å². The minimum Gasteiger partial charge on any atom is -0.480 e. The third kappa shape index (κ3) is 6.51. The monoisotopic (exact) mass is 761 g/mol. The summed E-state index contributed by atoms with van der Waals surface area (Å²) >= 11 is 0. The van der Waals surface area contributed by atoms with Crippen molar-refractivity contribution in [1.29, 1.82) is 0 Å². The molecule has 4 aromatic carbocycles. The summed E-state index contributed by atoms with van der Waals surface area (Å²) in [4.78, 5) is 16.4. The maximum absolute atomic E-state index is 13.9. The largest absolute Gasteiger partial charge is 0.480 e. The highest BCUT2D eigenvalue weighted by atomic mass is 16.8. The number of aliphatic hydroxyl groups is 1. The third-order valence-electron chi connectivity index (χ3n) is 12.5. The number of esters is 1. The number of ether oxygens (including phenoxy) is 2. The molecule has 0 fully saturated rings. The molecule has 1 N–H and O–H groups in total. The number of carbonyl (C=O) groups is 1. The molecule has 4 aliphatic rings. The zero-order valence-corrected chi connectivity index (χ0v) is 35.0. The number of carbonyl (C=O) groups excluding carboxylic acids is 1. The molecule has 6 nitrogen and oxygen atoms in total. The lowest BCUT2D eigenvalue weighted by molar-refractivity contribution is -0.438. The molecule has 0 saturated heterocycles. The molecular weight excluding hydrogens is 705 g/mol. The minimum absolute atomic E-state index is 0.0896. The highest BCUT2D eigenvalue weighted by Gasteiger charge is 2.46. The quantitative estimate of drug-likeness (QED) is 0.129. The van der Waals surface area contributed by atoms with Crippen molar-refractivity contribution in [3.63, 3.8) is 0 Å². The van der Waals surface area contributed by atoms with E-state index in [9.17, 15) is 9.90 Å². The lowest BCUT2D eigenvalue weighted by Crippen LogP contribution is -2.37. The number of hydrogen-bond acceptors (Lipinski definition) is 5. The maximum Gasteiger partial charge on any atom is 0.349 e. The van der Waals surface area contributed by atoms with Crippen LogP contribution >= 0.6 is 0 Å².